The van der Waals surface area contributed by atoms with Crippen molar-refractivity contribution in [3.63, 3.8) is 0 Å². The molecule has 10 nitrogen and oxygen atoms in total. The maximum Gasteiger partial charge on any atom is 0.335 e. The third-order valence-corrected chi connectivity index (χ3v) is 5.61. The first-order valence-electron chi connectivity index (χ1n) is 11.3. The van der Waals surface area contributed by atoms with E-state index in [-0.39, 0.29) is 30.6 Å². The topological polar surface area (TPSA) is 123 Å². The molecule has 2 aliphatic heterocycles. The minimum Gasteiger partial charge on any atom is -0.484 e. The van der Waals surface area contributed by atoms with Crippen LogP contribution in [0, 0.1) is 6.92 Å². The molecule has 37 heavy (non-hydrogen) atoms. The van der Waals surface area contributed by atoms with Crippen molar-refractivity contribution in [3.05, 3.63) is 83.4 Å². The number of hydrogen-bond acceptors (Lipinski definition) is 7. The van der Waals surface area contributed by atoms with E-state index >= 15 is 0 Å². The number of aryl methyl sites for hydroxylation is 1. The zero-order valence-corrected chi connectivity index (χ0v) is 19.6. The van der Waals surface area contributed by atoms with Crippen LogP contribution in [0.5, 0.6) is 17.2 Å². The van der Waals surface area contributed by atoms with Crippen LogP contribution in [0.4, 0.5) is 16.2 Å². The second-order valence-corrected chi connectivity index (χ2v) is 8.27. The fourth-order valence-electron chi connectivity index (χ4n) is 3.73. The van der Waals surface area contributed by atoms with Gasteiger partial charge < -0.3 is 19.5 Å². The Kier molecular flexibility index (Phi) is 6.29. The normalized spacial score (nSPS) is 15.5. The van der Waals surface area contributed by atoms with Crippen LogP contribution >= 0.6 is 0 Å². The molecule has 2 aliphatic rings. The average Bonchev–Trinajstić information content (AvgIpc) is 3.35. The standard InChI is InChI=1S/C27H21N3O7/c1-16-2-6-18(7-3-16)28-24(31)14-35-20-9-4-17(5-10-20)12-21-25(32)29-27(34)30(26(21)33)19-8-11-22-23(13-19)37-15-36-22/h2-13H,14-15H2,1H3,(H,28,31)(H,29,32,34)/b21-12+. The van der Waals surface area contributed by atoms with Gasteiger partial charge in [-0.05, 0) is 55.0 Å². The number of fused-ring (bicyclic) bond motifs is 1. The molecule has 0 atom stereocenters. The maximum atomic E-state index is 13.1. The molecule has 0 aliphatic carbocycles. The minimum atomic E-state index is -0.862. The summed E-state index contributed by atoms with van der Waals surface area (Å²) >= 11 is 0. The van der Waals surface area contributed by atoms with Crippen molar-refractivity contribution in [1.29, 1.82) is 0 Å². The monoisotopic (exact) mass is 499 g/mol. The number of nitrogens with one attached hydrogen (secondary N) is 2. The van der Waals surface area contributed by atoms with E-state index in [0.29, 0.717) is 28.5 Å². The molecule has 3 aromatic carbocycles. The molecule has 0 bridgehead atoms. The molecule has 186 valence electrons. The van der Waals surface area contributed by atoms with E-state index in [2.05, 4.69) is 10.6 Å². The molecule has 1 saturated heterocycles. The van der Waals surface area contributed by atoms with Gasteiger partial charge in [-0.3, -0.25) is 19.7 Å². The highest BCUT2D eigenvalue weighted by atomic mass is 16.7. The Balaban J connectivity index is 1.26. The van der Waals surface area contributed by atoms with Gasteiger partial charge in [-0.25, -0.2) is 9.69 Å². The molecule has 2 N–H and O–H groups in total. The summed E-state index contributed by atoms with van der Waals surface area (Å²) in [6.07, 6.45) is 1.37. The van der Waals surface area contributed by atoms with Crippen molar-refractivity contribution in [2.24, 2.45) is 0 Å². The van der Waals surface area contributed by atoms with Crippen LogP contribution in [-0.2, 0) is 14.4 Å². The Labute approximate surface area is 211 Å². The quantitative estimate of drug-likeness (QED) is 0.394. The van der Waals surface area contributed by atoms with Crippen molar-refractivity contribution in [2.75, 3.05) is 23.6 Å². The Bertz CT molecular complexity index is 1430. The van der Waals surface area contributed by atoms with Crippen LogP contribution in [0.25, 0.3) is 6.08 Å². The van der Waals surface area contributed by atoms with Crippen LogP contribution in [0.1, 0.15) is 11.1 Å². The van der Waals surface area contributed by atoms with E-state index in [9.17, 15) is 19.2 Å². The van der Waals surface area contributed by atoms with Gasteiger partial charge in [0.05, 0.1) is 5.69 Å². The number of amides is 5. The fraction of sp³-hybridized carbons (Fsp3) is 0.111. The van der Waals surface area contributed by atoms with E-state index < -0.39 is 17.8 Å². The van der Waals surface area contributed by atoms with E-state index in [1.54, 1.807) is 42.5 Å². The number of imide groups is 2. The first-order valence-corrected chi connectivity index (χ1v) is 11.3. The van der Waals surface area contributed by atoms with Gasteiger partial charge in [-0.15, -0.1) is 0 Å². The lowest BCUT2D eigenvalue weighted by Gasteiger charge is -2.26. The van der Waals surface area contributed by atoms with E-state index in [4.69, 9.17) is 14.2 Å². The molecule has 0 saturated carbocycles. The summed E-state index contributed by atoms with van der Waals surface area (Å²) < 4.78 is 16.1. The predicted molar refractivity (Wildman–Crippen MR) is 133 cm³/mol. The molecule has 1 fully saturated rings. The lowest BCUT2D eigenvalue weighted by Crippen LogP contribution is -2.54. The van der Waals surface area contributed by atoms with Crippen molar-refractivity contribution in [2.45, 2.75) is 6.92 Å². The van der Waals surface area contributed by atoms with Crippen molar-refractivity contribution in [3.8, 4) is 17.2 Å². The third kappa shape index (κ3) is 5.13. The number of benzene rings is 3. The summed E-state index contributed by atoms with van der Waals surface area (Å²) in [5.74, 6) is -0.578. The highest BCUT2D eigenvalue weighted by molar-refractivity contribution is 6.39. The summed E-state index contributed by atoms with van der Waals surface area (Å²) in [5, 5.41) is 4.93. The van der Waals surface area contributed by atoms with Crippen molar-refractivity contribution < 1.29 is 33.4 Å². The summed E-state index contributed by atoms with van der Waals surface area (Å²) in [7, 11) is 0. The van der Waals surface area contributed by atoms with Gasteiger partial charge in [-0.1, -0.05) is 29.8 Å². The number of hydrogen-bond donors (Lipinski definition) is 2. The van der Waals surface area contributed by atoms with Gasteiger partial charge in [0.15, 0.2) is 18.1 Å². The van der Waals surface area contributed by atoms with Gasteiger partial charge >= 0.3 is 6.03 Å². The van der Waals surface area contributed by atoms with Crippen LogP contribution in [0.15, 0.2) is 72.3 Å². The number of carbonyl (C=O) groups is 4. The minimum absolute atomic E-state index is 0.0414. The van der Waals surface area contributed by atoms with Crippen LogP contribution in [-0.4, -0.2) is 37.2 Å². The molecule has 10 heteroatoms. The molecular formula is C27H21N3O7. The van der Waals surface area contributed by atoms with Gasteiger partial charge in [0.2, 0.25) is 6.79 Å². The van der Waals surface area contributed by atoms with E-state index in [1.807, 2.05) is 19.1 Å². The fourth-order valence-corrected chi connectivity index (χ4v) is 3.73. The number of rotatable bonds is 6. The third-order valence-electron chi connectivity index (χ3n) is 5.61. The smallest absolute Gasteiger partial charge is 0.335 e. The SMILES string of the molecule is Cc1ccc(NC(=O)COc2ccc(/C=C3\C(=O)NC(=O)N(c4ccc5c(c4)OCO5)C3=O)cc2)cc1. The highest BCUT2D eigenvalue weighted by Gasteiger charge is 2.37. The van der Waals surface area contributed by atoms with Crippen molar-refractivity contribution >= 4 is 41.2 Å². The lowest BCUT2D eigenvalue weighted by atomic mass is 10.1. The number of barbiturate groups is 1. The molecule has 5 amide bonds. The van der Waals surface area contributed by atoms with Crippen molar-refractivity contribution in [1.82, 2.24) is 5.32 Å². The van der Waals surface area contributed by atoms with Crippen LogP contribution < -0.4 is 29.7 Å². The molecule has 3 aromatic rings. The summed E-state index contributed by atoms with van der Waals surface area (Å²) in [6, 6.07) is 17.6. The molecule has 0 spiro atoms. The summed E-state index contributed by atoms with van der Waals surface area (Å²) in [6.45, 7) is 1.81. The Morgan fingerprint density at radius 1 is 1.00 bits per heavy atom. The molecule has 0 aromatic heterocycles. The number of ether oxygens (including phenoxy) is 3. The Morgan fingerprint density at radius 3 is 2.49 bits per heavy atom. The summed E-state index contributed by atoms with van der Waals surface area (Å²) in [4.78, 5) is 51.0. The first kappa shape index (κ1) is 23.6. The van der Waals surface area contributed by atoms with Crippen LogP contribution in [0.3, 0.4) is 0 Å². The second-order valence-electron chi connectivity index (χ2n) is 8.27. The first-order chi connectivity index (χ1) is 17.9. The Hall–Kier alpha value is -5.12. The largest absolute Gasteiger partial charge is 0.484 e. The number of anilines is 2. The number of urea groups is 1. The molecule has 2 heterocycles. The molecule has 0 unspecified atom stereocenters. The maximum absolute atomic E-state index is 13.1. The second kappa shape index (κ2) is 9.86. The highest BCUT2D eigenvalue weighted by Crippen LogP contribution is 2.36. The van der Waals surface area contributed by atoms with Gasteiger partial charge in [0, 0.05) is 11.8 Å². The van der Waals surface area contributed by atoms with Crippen LogP contribution in [0.2, 0.25) is 0 Å². The van der Waals surface area contributed by atoms with E-state index in [1.165, 1.54) is 18.2 Å². The Morgan fingerprint density at radius 2 is 1.73 bits per heavy atom. The van der Waals surface area contributed by atoms with Gasteiger partial charge in [-0.2, -0.15) is 0 Å². The number of nitrogens with zero attached hydrogens (tertiary/aromatic N) is 1. The molecule has 5 rings (SSSR count). The lowest BCUT2D eigenvalue weighted by molar-refractivity contribution is -0.122. The molecule has 0 radical (unpaired) electrons. The number of carbonyl (C=O) groups excluding carboxylic acids is 4. The summed E-state index contributed by atoms with van der Waals surface area (Å²) in [5.41, 5.74) is 2.30. The predicted octanol–water partition coefficient (Wildman–Crippen LogP) is 3.41. The zero-order chi connectivity index (χ0) is 25.9. The molecular weight excluding hydrogens is 478 g/mol. The van der Waals surface area contributed by atoms with E-state index in [0.717, 1.165) is 10.5 Å². The van der Waals surface area contributed by atoms with Gasteiger partial charge in [0.25, 0.3) is 17.7 Å². The van der Waals surface area contributed by atoms with Gasteiger partial charge in [0.1, 0.15) is 11.3 Å². The zero-order valence-electron chi connectivity index (χ0n) is 19.6. The average molecular weight is 499 g/mol.